The molecule has 1 aliphatic rings. The highest BCUT2D eigenvalue weighted by molar-refractivity contribution is 6.36. The molecule has 0 aromatic heterocycles. The van der Waals surface area contributed by atoms with Crippen molar-refractivity contribution in [2.75, 3.05) is 12.4 Å². The van der Waals surface area contributed by atoms with Crippen LogP contribution in [0.4, 0.5) is 5.69 Å². The number of carbonyl (C=O) groups is 2. The summed E-state index contributed by atoms with van der Waals surface area (Å²) in [7, 11) is 1.58. The normalized spacial score (nSPS) is 13.7. The van der Waals surface area contributed by atoms with E-state index in [1.54, 1.807) is 37.4 Å². The van der Waals surface area contributed by atoms with E-state index in [9.17, 15) is 9.59 Å². The number of aryl methyl sites for hydroxylation is 1. The number of anilines is 1. The summed E-state index contributed by atoms with van der Waals surface area (Å²) in [5.41, 5.74) is 4.81. The molecule has 0 saturated carbocycles. The Bertz CT molecular complexity index is 1230. The zero-order valence-corrected chi connectivity index (χ0v) is 18.9. The molecule has 2 amide bonds. The topological polar surface area (TPSA) is 58.6 Å². The van der Waals surface area contributed by atoms with E-state index in [0.717, 1.165) is 16.8 Å². The minimum Gasteiger partial charge on any atom is -0.497 e. The van der Waals surface area contributed by atoms with Crippen LogP contribution in [-0.2, 0) is 16.1 Å². The molecule has 6 heteroatoms. The van der Waals surface area contributed by atoms with Gasteiger partial charge in [-0.3, -0.25) is 14.5 Å². The van der Waals surface area contributed by atoms with Gasteiger partial charge in [0.1, 0.15) is 11.4 Å². The molecule has 0 atom stereocenters. The predicted molar refractivity (Wildman–Crippen MR) is 126 cm³/mol. The lowest BCUT2D eigenvalue weighted by molar-refractivity contribution is -0.137. The smallest absolute Gasteiger partial charge is 0.278 e. The second-order valence-corrected chi connectivity index (χ2v) is 8.05. The van der Waals surface area contributed by atoms with E-state index in [-0.39, 0.29) is 24.1 Å². The second-order valence-electron chi connectivity index (χ2n) is 7.64. The van der Waals surface area contributed by atoms with Gasteiger partial charge in [-0.15, -0.1) is 0 Å². The Morgan fingerprint density at radius 2 is 1.62 bits per heavy atom. The van der Waals surface area contributed by atoms with Gasteiger partial charge in [0.25, 0.3) is 11.8 Å². The monoisotopic (exact) mass is 446 g/mol. The Labute approximate surface area is 192 Å². The van der Waals surface area contributed by atoms with Gasteiger partial charge in [-0.25, -0.2) is 0 Å². The number of hydrogen-bond acceptors (Lipinski definition) is 4. The summed E-state index contributed by atoms with van der Waals surface area (Å²) in [5.74, 6) is -0.0855. The molecule has 0 radical (unpaired) electrons. The summed E-state index contributed by atoms with van der Waals surface area (Å²) in [4.78, 5) is 28.2. The maximum atomic E-state index is 13.5. The van der Waals surface area contributed by atoms with Gasteiger partial charge in [0.2, 0.25) is 0 Å². The highest BCUT2D eigenvalue weighted by Gasteiger charge is 2.39. The van der Waals surface area contributed by atoms with Crippen molar-refractivity contribution in [2.24, 2.45) is 0 Å². The molecule has 5 nitrogen and oxygen atoms in total. The zero-order chi connectivity index (χ0) is 22.8. The van der Waals surface area contributed by atoms with Crippen molar-refractivity contribution in [2.45, 2.75) is 20.4 Å². The van der Waals surface area contributed by atoms with Crippen molar-refractivity contribution >= 4 is 34.7 Å². The Kier molecular flexibility index (Phi) is 6.01. The van der Waals surface area contributed by atoms with Gasteiger partial charge in [-0.1, -0.05) is 54.1 Å². The van der Waals surface area contributed by atoms with E-state index in [0.29, 0.717) is 27.5 Å². The minimum atomic E-state index is -0.387. The molecule has 0 aliphatic carbocycles. The van der Waals surface area contributed by atoms with Crippen molar-refractivity contribution < 1.29 is 14.3 Å². The third-order valence-corrected chi connectivity index (χ3v) is 6.07. The minimum absolute atomic E-state index is 0.0922. The molecule has 3 aromatic rings. The van der Waals surface area contributed by atoms with Gasteiger partial charge < -0.3 is 10.1 Å². The summed E-state index contributed by atoms with van der Waals surface area (Å²) in [6.07, 6.45) is 0. The number of carbonyl (C=O) groups excluding carboxylic acids is 2. The highest BCUT2D eigenvalue weighted by Crippen LogP contribution is 2.34. The molecule has 0 saturated heterocycles. The lowest BCUT2D eigenvalue weighted by Gasteiger charge is -2.17. The number of hydrogen-bond donors (Lipinski definition) is 1. The van der Waals surface area contributed by atoms with E-state index >= 15 is 0 Å². The number of methoxy groups -OCH3 is 1. The van der Waals surface area contributed by atoms with Gasteiger partial charge in [0, 0.05) is 10.7 Å². The number of rotatable bonds is 6. The van der Waals surface area contributed by atoms with E-state index in [4.69, 9.17) is 16.3 Å². The predicted octanol–water partition coefficient (Wildman–Crippen LogP) is 5.36. The molecular weight excluding hydrogens is 424 g/mol. The van der Waals surface area contributed by atoms with E-state index < -0.39 is 0 Å². The Morgan fingerprint density at radius 3 is 2.31 bits per heavy atom. The summed E-state index contributed by atoms with van der Waals surface area (Å²) >= 11 is 6.30. The lowest BCUT2D eigenvalue weighted by atomic mass is 10.0. The standard InChI is InChI=1S/C26H23ClN2O3/c1-16-7-6-10-22(17(16)2)28-24-23(18-11-13-20(32-3)14-12-18)25(30)29(26(24)31)15-19-8-4-5-9-21(19)27/h4-14,28H,15H2,1-3H3. The quantitative estimate of drug-likeness (QED) is 0.518. The van der Waals surface area contributed by atoms with Crippen molar-refractivity contribution in [1.29, 1.82) is 0 Å². The molecule has 0 fully saturated rings. The molecule has 1 N–H and O–H groups in total. The van der Waals surface area contributed by atoms with Crippen molar-refractivity contribution in [1.82, 2.24) is 4.90 Å². The summed E-state index contributed by atoms with van der Waals surface area (Å²) in [5, 5.41) is 3.75. The largest absolute Gasteiger partial charge is 0.497 e. The molecule has 3 aromatic carbocycles. The van der Waals surface area contributed by atoms with Crippen LogP contribution in [0.5, 0.6) is 5.75 Å². The number of benzene rings is 3. The second kappa shape index (κ2) is 8.89. The molecule has 1 aliphatic heterocycles. The fourth-order valence-electron chi connectivity index (χ4n) is 3.68. The van der Waals surface area contributed by atoms with E-state index in [1.165, 1.54) is 4.90 Å². The van der Waals surface area contributed by atoms with Crippen LogP contribution in [0.1, 0.15) is 22.3 Å². The molecule has 32 heavy (non-hydrogen) atoms. The number of amides is 2. The number of nitrogens with one attached hydrogen (secondary N) is 1. The SMILES string of the molecule is COc1ccc(C2=C(Nc3cccc(C)c3C)C(=O)N(Cc3ccccc3Cl)C2=O)cc1. The maximum Gasteiger partial charge on any atom is 0.278 e. The van der Waals surface area contributed by atoms with E-state index in [1.807, 2.05) is 50.2 Å². The zero-order valence-electron chi connectivity index (χ0n) is 18.1. The van der Waals surface area contributed by atoms with Crippen LogP contribution >= 0.6 is 11.6 Å². The Balaban J connectivity index is 1.78. The Morgan fingerprint density at radius 1 is 0.906 bits per heavy atom. The van der Waals surface area contributed by atoms with Crippen LogP contribution in [0.2, 0.25) is 5.02 Å². The number of imide groups is 1. The third kappa shape index (κ3) is 3.99. The number of ether oxygens (including phenoxy) is 1. The van der Waals surface area contributed by atoms with Crippen LogP contribution in [0.25, 0.3) is 5.57 Å². The number of nitrogens with zero attached hydrogens (tertiary/aromatic N) is 1. The van der Waals surface area contributed by atoms with Gasteiger partial charge in [-0.2, -0.15) is 0 Å². The van der Waals surface area contributed by atoms with E-state index in [2.05, 4.69) is 5.32 Å². The van der Waals surface area contributed by atoms with Gasteiger partial charge in [-0.05, 0) is 60.4 Å². The fraction of sp³-hybridized carbons (Fsp3) is 0.154. The summed E-state index contributed by atoms with van der Waals surface area (Å²) < 4.78 is 5.24. The van der Waals surface area contributed by atoms with Crippen molar-refractivity contribution in [3.8, 4) is 5.75 Å². The first-order chi connectivity index (χ1) is 15.4. The maximum absolute atomic E-state index is 13.5. The van der Waals surface area contributed by atoms with Crippen LogP contribution in [0.3, 0.4) is 0 Å². The molecule has 0 bridgehead atoms. The van der Waals surface area contributed by atoms with Crippen LogP contribution in [0, 0.1) is 13.8 Å². The average Bonchev–Trinajstić information content (AvgIpc) is 3.02. The van der Waals surface area contributed by atoms with Crippen LogP contribution < -0.4 is 10.1 Å². The van der Waals surface area contributed by atoms with Crippen molar-refractivity contribution in [3.63, 3.8) is 0 Å². The Hall–Kier alpha value is -3.57. The first-order valence-corrected chi connectivity index (χ1v) is 10.6. The highest BCUT2D eigenvalue weighted by atomic mass is 35.5. The molecule has 0 spiro atoms. The summed E-state index contributed by atoms with van der Waals surface area (Å²) in [6, 6.07) is 20.1. The molecule has 0 unspecified atom stereocenters. The number of halogens is 1. The fourth-order valence-corrected chi connectivity index (χ4v) is 3.87. The van der Waals surface area contributed by atoms with Gasteiger partial charge >= 0.3 is 0 Å². The summed E-state index contributed by atoms with van der Waals surface area (Å²) in [6.45, 7) is 4.08. The molecular formula is C26H23ClN2O3. The van der Waals surface area contributed by atoms with Gasteiger partial charge in [0.15, 0.2) is 0 Å². The lowest BCUT2D eigenvalue weighted by Crippen LogP contribution is -2.32. The molecule has 162 valence electrons. The average molecular weight is 447 g/mol. The van der Waals surface area contributed by atoms with Gasteiger partial charge in [0.05, 0.1) is 19.2 Å². The van der Waals surface area contributed by atoms with Crippen molar-refractivity contribution in [3.05, 3.63) is 99.7 Å². The molecule has 4 rings (SSSR count). The van der Waals surface area contributed by atoms with Crippen LogP contribution in [-0.4, -0.2) is 23.8 Å². The third-order valence-electron chi connectivity index (χ3n) is 5.70. The first kappa shape index (κ1) is 21.7. The first-order valence-electron chi connectivity index (χ1n) is 10.2. The van der Waals surface area contributed by atoms with Crippen LogP contribution in [0.15, 0.2) is 72.4 Å². The molecule has 1 heterocycles.